The Bertz CT molecular complexity index is 839. The van der Waals surface area contributed by atoms with E-state index in [0.29, 0.717) is 28.0 Å². The molecule has 2 rings (SSSR count). The van der Waals surface area contributed by atoms with Crippen LogP contribution < -0.4 is 19.5 Å². The van der Waals surface area contributed by atoms with E-state index in [1.165, 1.54) is 34.3 Å². The van der Waals surface area contributed by atoms with Gasteiger partial charge in [-0.3, -0.25) is 4.79 Å². The number of methoxy groups -OCH3 is 3. The van der Waals surface area contributed by atoms with Crippen LogP contribution in [0.1, 0.15) is 17.3 Å². The van der Waals surface area contributed by atoms with Gasteiger partial charge < -0.3 is 24.3 Å². The van der Waals surface area contributed by atoms with Crippen LogP contribution in [-0.4, -0.2) is 39.3 Å². The molecule has 0 aliphatic heterocycles. The number of anilines is 1. The van der Waals surface area contributed by atoms with Gasteiger partial charge in [-0.05, 0) is 37.3 Å². The highest BCUT2D eigenvalue weighted by molar-refractivity contribution is 6.31. The molecule has 1 amide bonds. The van der Waals surface area contributed by atoms with Gasteiger partial charge in [0.1, 0.15) is 11.3 Å². The molecule has 0 aliphatic rings. The quantitative estimate of drug-likeness (QED) is 0.724. The first-order valence-corrected chi connectivity index (χ1v) is 8.34. The Morgan fingerprint density at radius 3 is 2.19 bits per heavy atom. The predicted octanol–water partition coefficient (Wildman–Crippen LogP) is 3.55. The smallest absolute Gasteiger partial charge is 0.342 e. The van der Waals surface area contributed by atoms with Crippen molar-refractivity contribution in [3.8, 4) is 17.2 Å². The van der Waals surface area contributed by atoms with E-state index in [1.807, 2.05) is 0 Å². The minimum Gasteiger partial charge on any atom is -0.496 e. The molecule has 8 heteroatoms. The number of benzene rings is 2. The third-order valence-electron chi connectivity index (χ3n) is 3.69. The molecule has 0 radical (unpaired) electrons. The Hall–Kier alpha value is -2.93. The number of ether oxygens (including phenoxy) is 4. The van der Waals surface area contributed by atoms with Crippen molar-refractivity contribution in [2.24, 2.45) is 0 Å². The Morgan fingerprint density at radius 1 is 0.926 bits per heavy atom. The Kier molecular flexibility index (Phi) is 6.90. The third-order valence-corrected chi connectivity index (χ3v) is 3.92. The molecule has 0 bridgehead atoms. The summed E-state index contributed by atoms with van der Waals surface area (Å²) in [5.41, 5.74) is 0.608. The molecule has 0 saturated carbocycles. The summed E-state index contributed by atoms with van der Waals surface area (Å²) in [5, 5.41) is 3.01. The van der Waals surface area contributed by atoms with Gasteiger partial charge in [-0.15, -0.1) is 0 Å². The second-order valence-electron chi connectivity index (χ2n) is 5.45. The van der Waals surface area contributed by atoms with Crippen LogP contribution in [0.2, 0.25) is 5.02 Å². The van der Waals surface area contributed by atoms with E-state index >= 15 is 0 Å². The maximum absolute atomic E-state index is 12.4. The van der Waals surface area contributed by atoms with Crippen LogP contribution in [0.25, 0.3) is 0 Å². The zero-order chi connectivity index (χ0) is 20.0. The summed E-state index contributed by atoms with van der Waals surface area (Å²) in [6, 6.07) is 9.46. The number of rotatable bonds is 7. The maximum atomic E-state index is 12.4. The van der Waals surface area contributed by atoms with Gasteiger partial charge in [0.05, 0.1) is 21.3 Å². The molecule has 0 saturated heterocycles. The summed E-state index contributed by atoms with van der Waals surface area (Å²) in [5.74, 6) is 0.0735. The molecule has 2 aromatic carbocycles. The second kappa shape index (κ2) is 9.14. The molecule has 2 aromatic rings. The lowest BCUT2D eigenvalue weighted by molar-refractivity contribution is -0.123. The largest absolute Gasteiger partial charge is 0.496 e. The van der Waals surface area contributed by atoms with Crippen LogP contribution in [-0.2, 0) is 9.53 Å². The Labute approximate surface area is 162 Å². The minimum atomic E-state index is -1.05. The summed E-state index contributed by atoms with van der Waals surface area (Å²) in [6.07, 6.45) is -1.05. The van der Waals surface area contributed by atoms with E-state index in [2.05, 4.69) is 5.32 Å². The third kappa shape index (κ3) is 5.04. The van der Waals surface area contributed by atoms with E-state index in [9.17, 15) is 9.59 Å². The number of hydrogen-bond acceptors (Lipinski definition) is 6. The molecule has 0 fully saturated rings. The van der Waals surface area contributed by atoms with Gasteiger partial charge in [-0.2, -0.15) is 0 Å². The minimum absolute atomic E-state index is 0.135. The summed E-state index contributed by atoms with van der Waals surface area (Å²) >= 11 is 5.91. The number of hydrogen-bond donors (Lipinski definition) is 1. The summed E-state index contributed by atoms with van der Waals surface area (Å²) in [7, 11) is 4.43. The number of amides is 1. The number of carbonyl (C=O) groups excluding carboxylic acids is 2. The topological polar surface area (TPSA) is 83.1 Å². The lowest BCUT2D eigenvalue weighted by Crippen LogP contribution is -2.30. The van der Waals surface area contributed by atoms with E-state index in [-0.39, 0.29) is 5.56 Å². The van der Waals surface area contributed by atoms with Crippen molar-refractivity contribution >= 4 is 29.2 Å². The van der Waals surface area contributed by atoms with Crippen molar-refractivity contribution < 1.29 is 28.5 Å². The van der Waals surface area contributed by atoms with E-state index in [4.69, 9.17) is 30.5 Å². The maximum Gasteiger partial charge on any atom is 0.342 e. The number of esters is 1. The first-order valence-electron chi connectivity index (χ1n) is 7.97. The molecule has 1 N–H and O–H groups in total. The van der Waals surface area contributed by atoms with Gasteiger partial charge in [0.25, 0.3) is 5.91 Å². The van der Waals surface area contributed by atoms with Crippen LogP contribution >= 0.6 is 11.6 Å². The molecule has 27 heavy (non-hydrogen) atoms. The predicted molar refractivity (Wildman–Crippen MR) is 101 cm³/mol. The fourth-order valence-corrected chi connectivity index (χ4v) is 2.45. The fraction of sp³-hybridized carbons (Fsp3) is 0.263. The van der Waals surface area contributed by atoms with Gasteiger partial charge in [-0.25, -0.2) is 4.79 Å². The van der Waals surface area contributed by atoms with Gasteiger partial charge in [-0.1, -0.05) is 11.6 Å². The number of carbonyl (C=O) groups is 2. The van der Waals surface area contributed by atoms with Crippen LogP contribution in [0, 0.1) is 0 Å². The molecule has 0 aromatic heterocycles. The van der Waals surface area contributed by atoms with Crippen molar-refractivity contribution in [2.75, 3.05) is 26.6 Å². The average molecular weight is 394 g/mol. The highest BCUT2D eigenvalue weighted by Gasteiger charge is 2.22. The van der Waals surface area contributed by atoms with Crippen molar-refractivity contribution in [2.45, 2.75) is 13.0 Å². The van der Waals surface area contributed by atoms with Crippen molar-refractivity contribution in [3.63, 3.8) is 0 Å². The van der Waals surface area contributed by atoms with E-state index in [0.717, 1.165) is 0 Å². The van der Waals surface area contributed by atoms with Crippen LogP contribution in [0.15, 0.2) is 36.4 Å². The molecule has 0 unspecified atom stereocenters. The molecule has 7 nitrogen and oxygen atoms in total. The van der Waals surface area contributed by atoms with Crippen LogP contribution in [0.5, 0.6) is 17.2 Å². The van der Waals surface area contributed by atoms with Gasteiger partial charge in [0.2, 0.25) is 0 Å². The molecule has 0 spiro atoms. The highest BCUT2D eigenvalue weighted by atomic mass is 35.5. The molecular formula is C19H20ClNO6. The SMILES string of the molecule is COc1ccc(NC(=O)[C@@H](C)OC(=O)c2cc(Cl)ccc2OC)cc1OC. The normalized spacial score (nSPS) is 11.3. The lowest BCUT2D eigenvalue weighted by Gasteiger charge is -2.16. The van der Waals surface area contributed by atoms with Gasteiger partial charge >= 0.3 is 5.97 Å². The Morgan fingerprint density at radius 2 is 1.56 bits per heavy atom. The molecule has 0 aliphatic carbocycles. The molecular weight excluding hydrogens is 374 g/mol. The van der Waals surface area contributed by atoms with Crippen molar-refractivity contribution in [1.29, 1.82) is 0 Å². The van der Waals surface area contributed by atoms with E-state index in [1.54, 1.807) is 30.3 Å². The van der Waals surface area contributed by atoms with Gasteiger partial charge in [0, 0.05) is 16.8 Å². The molecule has 1 atom stereocenters. The summed E-state index contributed by atoms with van der Waals surface area (Å²) in [6.45, 7) is 1.46. The lowest BCUT2D eigenvalue weighted by atomic mass is 10.2. The zero-order valence-corrected chi connectivity index (χ0v) is 16.1. The monoisotopic (exact) mass is 393 g/mol. The molecule has 144 valence electrons. The van der Waals surface area contributed by atoms with Gasteiger partial charge in [0.15, 0.2) is 17.6 Å². The first kappa shape index (κ1) is 20.4. The van der Waals surface area contributed by atoms with Crippen LogP contribution in [0.4, 0.5) is 5.69 Å². The highest BCUT2D eigenvalue weighted by Crippen LogP contribution is 2.30. The second-order valence-corrected chi connectivity index (χ2v) is 5.89. The van der Waals surface area contributed by atoms with Crippen molar-refractivity contribution in [3.05, 3.63) is 47.0 Å². The summed E-state index contributed by atoms with van der Waals surface area (Å²) < 4.78 is 20.7. The van der Waals surface area contributed by atoms with Crippen molar-refractivity contribution in [1.82, 2.24) is 0 Å². The zero-order valence-electron chi connectivity index (χ0n) is 15.4. The number of halogens is 1. The summed E-state index contributed by atoms with van der Waals surface area (Å²) in [4.78, 5) is 24.7. The fourth-order valence-electron chi connectivity index (χ4n) is 2.28. The first-order chi connectivity index (χ1) is 12.9. The Balaban J connectivity index is 2.07. The number of nitrogens with one attached hydrogen (secondary N) is 1. The standard InChI is InChI=1S/C19H20ClNO6/c1-11(27-19(23)14-9-12(20)5-7-15(14)24-2)18(22)21-13-6-8-16(25-3)17(10-13)26-4/h5-11H,1-4H3,(H,21,22)/t11-/m1/s1. The molecule has 0 heterocycles. The van der Waals surface area contributed by atoms with E-state index < -0.39 is 18.0 Å². The average Bonchev–Trinajstić information content (AvgIpc) is 2.67. The van der Waals surface area contributed by atoms with Crippen LogP contribution in [0.3, 0.4) is 0 Å².